The molecule has 1 aliphatic carbocycles. The van der Waals surface area contributed by atoms with E-state index in [0.29, 0.717) is 12.1 Å². The zero-order chi connectivity index (χ0) is 14.5. The molecular weight excluding hydrogens is 314 g/mol. The van der Waals surface area contributed by atoms with Crippen molar-refractivity contribution in [2.24, 2.45) is 5.92 Å². The van der Waals surface area contributed by atoms with Crippen LogP contribution in [0.2, 0.25) is 0 Å². The van der Waals surface area contributed by atoms with E-state index in [2.05, 4.69) is 47.2 Å². The Balaban J connectivity index is 1.97. The zero-order valence-electron chi connectivity index (χ0n) is 12.8. The minimum absolute atomic E-state index is 0.385. The van der Waals surface area contributed by atoms with Crippen LogP contribution in [0.5, 0.6) is 5.75 Å². The van der Waals surface area contributed by atoms with E-state index in [1.807, 2.05) is 6.07 Å². The molecule has 0 aromatic heterocycles. The fraction of sp³-hybridized carbons (Fsp3) is 0.647. The molecule has 0 amide bonds. The summed E-state index contributed by atoms with van der Waals surface area (Å²) in [7, 11) is 1.70. The van der Waals surface area contributed by atoms with Crippen LogP contribution in [0.4, 0.5) is 0 Å². The van der Waals surface area contributed by atoms with Crippen molar-refractivity contribution in [1.29, 1.82) is 0 Å². The molecule has 1 aliphatic rings. The Labute approximate surface area is 131 Å². The van der Waals surface area contributed by atoms with Crippen molar-refractivity contribution >= 4 is 15.9 Å². The average Bonchev–Trinajstić information content (AvgIpc) is 2.63. The van der Waals surface area contributed by atoms with E-state index >= 15 is 0 Å². The molecular formula is C17H26BrNO. The lowest BCUT2D eigenvalue weighted by Crippen LogP contribution is -2.31. The summed E-state index contributed by atoms with van der Waals surface area (Å²) in [5, 5.41) is 3.80. The number of nitrogens with one attached hydrogen (secondary N) is 1. The van der Waals surface area contributed by atoms with Gasteiger partial charge in [-0.2, -0.15) is 0 Å². The van der Waals surface area contributed by atoms with Crippen LogP contribution in [0.1, 0.15) is 57.6 Å². The molecule has 1 saturated carbocycles. The standard InChI is InChI=1S/C17H26BrNO/c1-12-5-4-6-15(9-7-12)19-13(2)14-8-10-17(20-3)16(18)11-14/h8,10-13,15,19H,4-7,9H2,1-3H3. The average molecular weight is 340 g/mol. The van der Waals surface area contributed by atoms with Crippen LogP contribution >= 0.6 is 15.9 Å². The molecule has 1 fully saturated rings. The van der Waals surface area contributed by atoms with Gasteiger partial charge in [0.25, 0.3) is 0 Å². The Bertz CT molecular complexity index is 435. The third-order valence-corrected chi connectivity index (χ3v) is 5.04. The summed E-state index contributed by atoms with van der Waals surface area (Å²) in [6, 6.07) is 7.40. The van der Waals surface area contributed by atoms with Crippen molar-refractivity contribution in [2.45, 2.75) is 58.0 Å². The molecule has 0 bridgehead atoms. The van der Waals surface area contributed by atoms with Crippen LogP contribution in [0, 0.1) is 5.92 Å². The van der Waals surface area contributed by atoms with Gasteiger partial charge >= 0.3 is 0 Å². The van der Waals surface area contributed by atoms with E-state index < -0.39 is 0 Å². The first kappa shape index (κ1) is 15.8. The Morgan fingerprint density at radius 2 is 2.05 bits per heavy atom. The second-order valence-electron chi connectivity index (χ2n) is 6.09. The largest absolute Gasteiger partial charge is 0.496 e. The maximum atomic E-state index is 5.29. The minimum atomic E-state index is 0.385. The highest BCUT2D eigenvalue weighted by atomic mass is 79.9. The summed E-state index contributed by atoms with van der Waals surface area (Å²) in [6.07, 6.45) is 6.73. The fourth-order valence-electron chi connectivity index (χ4n) is 3.06. The molecule has 3 atom stereocenters. The third-order valence-electron chi connectivity index (χ3n) is 4.42. The zero-order valence-corrected chi connectivity index (χ0v) is 14.4. The lowest BCUT2D eigenvalue weighted by Gasteiger charge is -2.23. The maximum Gasteiger partial charge on any atom is 0.133 e. The molecule has 0 saturated heterocycles. The van der Waals surface area contributed by atoms with E-state index in [4.69, 9.17) is 4.74 Å². The first-order valence-electron chi connectivity index (χ1n) is 7.69. The van der Waals surface area contributed by atoms with Gasteiger partial charge in [-0.25, -0.2) is 0 Å². The second kappa shape index (κ2) is 7.46. The molecule has 0 spiro atoms. The predicted octanol–water partition coefficient (Wildman–Crippen LogP) is 5.08. The SMILES string of the molecule is COc1ccc(C(C)NC2CCCC(C)CC2)cc1Br. The normalized spacial score (nSPS) is 25.0. The second-order valence-corrected chi connectivity index (χ2v) is 6.95. The summed E-state index contributed by atoms with van der Waals surface area (Å²) < 4.78 is 6.32. The molecule has 3 heteroatoms. The molecule has 1 aromatic rings. The third kappa shape index (κ3) is 4.23. The van der Waals surface area contributed by atoms with Gasteiger partial charge in [0.1, 0.15) is 5.75 Å². The van der Waals surface area contributed by atoms with Gasteiger partial charge in [-0.05, 0) is 65.7 Å². The van der Waals surface area contributed by atoms with Crippen LogP contribution in [0.3, 0.4) is 0 Å². The topological polar surface area (TPSA) is 21.3 Å². The fourth-order valence-corrected chi connectivity index (χ4v) is 3.61. The van der Waals surface area contributed by atoms with Crippen LogP contribution in [-0.4, -0.2) is 13.2 Å². The summed E-state index contributed by atoms with van der Waals surface area (Å²) in [6.45, 7) is 4.63. The van der Waals surface area contributed by atoms with Crippen LogP contribution in [0.15, 0.2) is 22.7 Å². The predicted molar refractivity (Wildman–Crippen MR) is 88.3 cm³/mol. The first-order chi connectivity index (χ1) is 9.60. The number of rotatable bonds is 4. The number of ether oxygens (including phenoxy) is 1. The molecule has 0 aliphatic heterocycles. The molecule has 20 heavy (non-hydrogen) atoms. The molecule has 0 radical (unpaired) electrons. The quantitative estimate of drug-likeness (QED) is 0.772. The number of methoxy groups -OCH3 is 1. The van der Waals surface area contributed by atoms with E-state index in [1.54, 1.807) is 7.11 Å². The Hall–Kier alpha value is -0.540. The summed E-state index contributed by atoms with van der Waals surface area (Å²) in [5.41, 5.74) is 1.31. The van der Waals surface area contributed by atoms with Crippen molar-refractivity contribution in [3.05, 3.63) is 28.2 Å². The van der Waals surface area contributed by atoms with Crippen molar-refractivity contribution in [1.82, 2.24) is 5.32 Å². The highest BCUT2D eigenvalue weighted by Gasteiger charge is 2.18. The first-order valence-corrected chi connectivity index (χ1v) is 8.49. The maximum absolute atomic E-state index is 5.29. The van der Waals surface area contributed by atoms with Crippen LogP contribution in [0.25, 0.3) is 0 Å². The highest BCUT2D eigenvalue weighted by Crippen LogP contribution is 2.29. The van der Waals surface area contributed by atoms with Gasteiger partial charge in [-0.15, -0.1) is 0 Å². The summed E-state index contributed by atoms with van der Waals surface area (Å²) >= 11 is 3.57. The van der Waals surface area contributed by atoms with E-state index in [-0.39, 0.29) is 0 Å². The number of hydrogen-bond donors (Lipinski definition) is 1. The number of benzene rings is 1. The van der Waals surface area contributed by atoms with Crippen molar-refractivity contribution in [2.75, 3.05) is 7.11 Å². The minimum Gasteiger partial charge on any atom is -0.496 e. The lowest BCUT2D eigenvalue weighted by atomic mass is 10.0. The van der Waals surface area contributed by atoms with Crippen LogP contribution < -0.4 is 10.1 Å². The van der Waals surface area contributed by atoms with E-state index in [0.717, 1.165) is 16.1 Å². The molecule has 2 nitrogen and oxygen atoms in total. The van der Waals surface area contributed by atoms with Gasteiger partial charge in [0.2, 0.25) is 0 Å². The summed E-state index contributed by atoms with van der Waals surface area (Å²) in [5.74, 6) is 1.79. The monoisotopic (exact) mass is 339 g/mol. The molecule has 2 rings (SSSR count). The van der Waals surface area contributed by atoms with Crippen LogP contribution in [-0.2, 0) is 0 Å². The number of hydrogen-bond acceptors (Lipinski definition) is 2. The number of halogens is 1. The smallest absolute Gasteiger partial charge is 0.133 e. The van der Waals surface area contributed by atoms with Gasteiger partial charge in [-0.1, -0.05) is 25.8 Å². The van der Waals surface area contributed by atoms with Gasteiger partial charge < -0.3 is 10.1 Å². The molecule has 1 aromatic carbocycles. The van der Waals surface area contributed by atoms with Crippen molar-refractivity contribution < 1.29 is 4.74 Å². The Morgan fingerprint density at radius 1 is 1.25 bits per heavy atom. The van der Waals surface area contributed by atoms with Gasteiger partial charge in [0.05, 0.1) is 11.6 Å². The molecule has 1 N–H and O–H groups in total. The van der Waals surface area contributed by atoms with Crippen molar-refractivity contribution in [3.63, 3.8) is 0 Å². The molecule has 0 heterocycles. The van der Waals surface area contributed by atoms with Gasteiger partial charge in [0, 0.05) is 12.1 Å². The van der Waals surface area contributed by atoms with Gasteiger partial charge in [0.15, 0.2) is 0 Å². The Morgan fingerprint density at radius 3 is 2.75 bits per heavy atom. The van der Waals surface area contributed by atoms with Crippen molar-refractivity contribution in [3.8, 4) is 5.75 Å². The highest BCUT2D eigenvalue weighted by molar-refractivity contribution is 9.10. The lowest BCUT2D eigenvalue weighted by molar-refractivity contribution is 0.404. The Kier molecular flexibility index (Phi) is 5.91. The molecule has 3 unspecified atom stereocenters. The molecule has 112 valence electrons. The van der Waals surface area contributed by atoms with E-state index in [1.165, 1.54) is 37.7 Å². The van der Waals surface area contributed by atoms with Gasteiger partial charge in [-0.3, -0.25) is 0 Å². The van der Waals surface area contributed by atoms with E-state index in [9.17, 15) is 0 Å². The summed E-state index contributed by atoms with van der Waals surface area (Å²) in [4.78, 5) is 0.